The second kappa shape index (κ2) is 15.1. The number of carbonyl (C=O) groups excluding carboxylic acids is 2. The second-order valence-electron chi connectivity index (χ2n) is 5.16. The SMILES string of the molecule is CCCCCCCCCCCCOC(=O)NC(=O)OCC. The molecule has 0 unspecified atom stereocenters. The molecule has 0 rings (SSSR count). The maximum Gasteiger partial charge on any atom is 0.416 e. The van der Waals surface area contributed by atoms with Gasteiger partial charge in [-0.2, -0.15) is 0 Å². The van der Waals surface area contributed by atoms with Crippen molar-refractivity contribution in [2.75, 3.05) is 13.2 Å². The summed E-state index contributed by atoms with van der Waals surface area (Å²) in [6.07, 6.45) is 10.8. The number of imide groups is 1. The molecular formula is C16H31NO4. The fourth-order valence-corrected chi connectivity index (χ4v) is 2.04. The van der Waals surface area contributed by atoms with Crippen LogP contribution in [-0.4, -0.2) is 25.4 Å². The lowest BCUT2D eigenvalue weighted by Gasteiger charge is -2.06. The zero-order chi connectivity index (χ0) is 15.8. The van der Waals surface area contributed by atoms with Crippen molar-refractivity contribution in [3.63, 3.8) is 0 Å². The van der Waals surface area contributed by atoms with Crippen LogP contribution in [0.2, 0.25) is 0 Å². The summed E-state index contributed by atoms with van der Waals surface area (Å²) in [7, 11) is 0. The van der Waals surface area contributed by atoms with Gasteiger partial charge in [0.2, 0.25) is 0 Å². The molecule has 0 aromatic heterocycles. The Morgan fingerprint density at radius 1 is 0.714 bits per heavy atom. The molecule has 124 valence electrons. The molecule has 5 heteroatoms. The van der Waals surface area contributed by atoms with Crippen LogP contribution >= 0.6 is 0 Å². The van der Waals surface area contributed by atoms with Crippen LogP contribution in [-0.2, 0) is 9.47 Å². The number of carbonyl (C=O) groups is 2. The molecule has 0 saturated heterocycles. The molecular weight excluding hydrogens is 270 g/mol. The third-order valence-electron chi connectivity index (χ3n) is 3.21. The average molecular weight is 301 g/mol. The summed E-state index contributed by atoms with van der Waals surface area (Å²) < 4.78 is 9.45. The zero-order valence-corrected chi connectivity index (χ0v) is 13.6. The van der Waals surface area contributed by atoms with Crippen LogP contribution in [0.25, 0.3) is 0 Å². The summed E-state index contributed by atoms with van der Waals surface area (Å²) in [4.78, 5) is 22.1. The molecule has 0 heterocycles. The first kappa shape index (κ1) is 19.7. The summed E-state index contributed by atoms with van der Waals surface area (Å²) in [5.41, 5.74) is 0. The van der Waals surface area contributed by atoms with E-state index in [-0.39, 0.29) is 6.61 Å². The largest absolute Gasteiger partial charge is 0.449 e. The van der Waals surface area contributed by atoms with Crippen molar-refractivity contribution < 1.29 is 19.1 Å². The Hall–Kier alpha value is -1.26. The maximum absolute atomic E-state index is 11.2. The van der Waals surface area contributed by atoms with Gasteiger partial charge in [-0.25, -0.2) is 14.9 Å². The topological polar surface area (TPSA) is 64.6 Å². The van der Waals surface area contributed by atoms with E-state index < -0.39 is 12.2 Å². The molecule has 0 aliphatic heterocycles. The van der Waals surface area contributed by atoms with Crippen LogP contribution in [0.1, 0.15) is 78.1 Å². The summed E-state index contributed by atoms with van der Waals surface area (Å²) >= 11 is 0. The molecule has 0 bridgehead atoms. The fraction of sp³-hybridized carbons (Fsp3) is 0.875. The molecule has 0 fully saturated rings. The molecule has 0 aromatic carbocycles. The minimum absolute atomic E-state index is 0.234. The van der Waals surface area contributed by atoms with Gasteiger partial charge in [-0.15, -0.1) is 0 Å². The lowest BCUT2D eigenvalue weighted by Crippen LogP contribution is -2.31. The number of hydrogen-bond acceptors (Lipinski definition) is 4. The van der Waals surface area contributed by atoms with E-state index in [1.165, 1.54) is 51.4 Å². The van der Waals surface area contributed by atoms with Crippen LogP contribution in [0.4, 0.5) is 9.59 Å². The normalized spacial score (nSPS) is 10.2. The van der Waals surface area contributed by atoms with E-state index in [1.807, 2.05) is 5.32 Å². The van der Waals surface area contributed by atoms with Gasteiger partial charge < -0.3 is 9.47 Å². The van der Waals surface area contributed by atoms with Crippen LogP contribution in [0, 0.1) is 0 Å². The fourth-order valence-electron chi connectivity index (χ4n) is 2.04. The van der Waals surface area contributed by atoms with Crippen LogP contribution < -0.4 is 5.32 Å². The van der Waals surface area contributed by atoms with Crippen molar-refractivity contribution in [2.45, 2.75) is 78.1 Å². The van der Waals surface area contributed by atoms with Gasteiger partial charge in [-0.05, 0) is 13.3 Å². The molecule has 0 spiro atoms. The number of ether oxygens (including phenoxy) is 2. The van der Waals surface area contributed by atoms with Crippen molar-refractivity contribution in [3.05, 3.63) is 0 Å². The van der Waals surface area contributed by atoms with Gasteiger partial charge in [0.1, 0.15) is 0 Å². The van der Waals surface area contributed by atoms with E-state index in [9.17, 15) is 9.59 Å². The Bertz CT molecular complexity index is 269. The Morgan fingerprint density at radius 2 is 1.19 bits per heavy atom. The summed E-state index contributed by atoms with van der Waals surface area (Å²) in [5.74, 6) is 0. The minimum atomic E-state index is -0.759. The van der Waals surface area contributed by atoms with E-state index in [1.54, 1.807) is 6.92 Å². The van der Waals surface area contributed by atoms with Crippen molar-refractivity contribution in [1.29, 1.82) is 0 Å². The number of unbranched alkanes of at least 4 members (excludes halogenated alkanes) is 9. The standard InChI is InChI=1S/C16H31NO4/c1-3-5-6-7-8-9-10-11-12-13-14-21-16(19)17-15(18)20-4-2/h3-14H2,1-2H3,(H,17,18,19). The van der Waals surface area contributed by atoms with Crippen molar-refractivity contribution in [3.8, 4) is 0 Å². The predicted octanol–water partition coefficient (Wildman–Crippen LogP) is 4.79. The van der Waals surface area contributed by atoms with Gasteiger partial charge in [-0.3, -0.25) is 0 Å². The lowest BCUT2D eigenvalue weighted by molar-refractivity contribution is 0.126. The maximum atomic E-state index is 11.2. The van der Waals surface area contributed by atoms with Crippen LogP contribution in [0.15, 0.2) is 0 Å². The summed E-state index contributed by atoms with van der Waals surface area (Å²) in [5, 5.41) is 1.99. The number of hydrogen-bond donors (Lipinski definition) is 1. The van der Waals surface area contributed by atoms with Gasteiger partial charge in [0, 0.05) is 0 Å². The third-order valence-corrected chi connectivity index (χ3v) is 3.21. The molecule has 0 aliphatic carbocycles. The number of rotatable bonds is 12. The van der Waals surface area contributed by atoms with E-state index in [2.05, 4.69) is 11.7 Å². The van der Waals surface area contributed by atoms with Gasteiger partial charge >= 0.3 is 12.2 Å². The highest BCUT2D eigenvalue weighted by Crippen LogP contribution is 2.10. The number of nitrogens with one attached hydrogen (secondary N) is 1. The van der Waals surface area contributed by atoms with E-state index >= 15 is 0 Å². The molecule has 0 aromatic rings. The lowest BCUT2D eigenvalue weighted by atomic mass is 10.1. The highest BCUT2D eigenvalue weighted by Gasteiger charge is 2.08. The van der Waals surface area contributed by atoms with Crippen molar-refractivity contribution in [2.24, 2.45) is 0 Å². The van der Waals surface area contributed by atoms with Gasteiger partial charge in [0.15, 0.2) is 0 Å². The van der Waals surface area contributed by atoms with E-state index in [0.717, 1.165) is 12.8 Å². The molecule has 0 saturated carbocycles. The highest BCUT2D eigenvalue weighted by atomic mass is 16.6. The Balaban J connectivity index is 3.21. The van der Waals surface area contributed by atoms with Crippen LogP contribution in [0.5, 0.6) is 0 Å². The zero-order valence-electron chi connectivity index (χ0n) is 13.6. The van der Waals surface area contributed by atoms with Gasteiger partial charge in [0.05, 0.1) is 13.2 Å². The molecule has 0 atom stereocenters. The predicted molar refractivity (Wildman–Crippen MR) is 83.3 cm³/mol. The molecule has 0 radical (unpaired) electrons. The second-order valence-corrected chi connectivity index (χ2v) is 5.16. The Kier molecular flexibility index (Phi) is 14.2. The van der Waals surface area contributed by atoms with E-state index in [4.69, 9.17) is 4.74 Å². The number of alkyl carbamates (subject to hydrolysis) is 2. The van der Waals surface area contributed by atoms with Gasteiger partial charge in [-0.1, -0.05) is 64.7 Å². The highest BCUT2D eigenvalue weighted by molar-refractivity contribution is 5.87. The Morgan fingerprint density at radius 3 is 1.71 bits per heavy atom. The molecule has 1 N–H and O–H groups in total. The quantitative estimate of drug-likeness (QED) is 0.526. The summed E-state index contributed by atoms with van der Waals surface area (Å²) in [6.45, 7) is 4.49. The monoisotopic (exact) mass is 301 g/mol. The molecule has 2 amide bonds. The van der Waals surface area contributed by atoms with Crippen molar-refractivity contribution in [1.82, 2.24) is 5.32 Å². The number of amides is 2. The smallest absolute Gasteiger partial charge is 0.416 e. The summed E-state index contributed by atoms with van der Waals surface area (Å²) in [6, 6.07) is 0. The van der Waals surface area contributed by atoms with E-state index in [0.29, 0.717) is 6.61 Å². The van der Waals surface area contributed by atoms with Crippen LogP contribution in [0.3, 0.4) is 0 Å². The minimum Gasteiger partial charge on any atom is -0.449 e. The first-order valence-electron chi connectivity index (χ1n) is 8.31. The first-order chi connectivity index (χ1) is 10.2. The Labute approximate surface area is 128 Å². The first-order valence-corrected chi connectivity index (χ1v) is 8.31. The molecule has 5 nitrogen and oxygen atoms in total. The average Bonchev–Trinajstić information content (AvgIpc) is 2.45. The van der Waals surface area contributed by atoms with Gasteiger partial charge in [0.25, 0.3) is 0 Å². The molecule has 0 aliphatic rings. The third kappa shape index (κ3) is 15.0. The molecule has 21 heavy (non-hydrogen) atoms. The van der Waals surface area contributed by atoms with Crippen molar-refractivity contribution >= 4 is 12.2 Å².